The normalized spacial score (nSPS) is 28.3. The van der Waals surface area contributed by atoms with Crippen molar-refractivity contribution in [3.05, 3.63) is 35.4 Å². The molecule has 2 aliphatic rings. The van der Waals surface area contributed by atoms with E-state index in [0.29, 0.717) is 0 Å². The van der Waals surface area contributed by atoms with Crippen LogP contribution in [0.5, 0.6) is 0 Å². The van der Waals surface area contributed by atoms with E-state index in [9.17, 15) is 10.2 Å². The molecule has 3 atom stereocenters. The molecular weight excluding hydrogens is 248 g/mol. The van der Waals surface area contributed by atoms with Crippen molar-refractivity contribution in [2.24, 2.45) is 11.8 Å². The first-order valence-corrected chi connectivity index (χ1v) is 8.18. The fourth-order valence-corrected chi connectivity index (χ4v) is 4.13. The fourth-order valence-electron chi connectivity index (χ4n) is 4.13. The molecule has 0 aromatic heterocycles. The van der Waals surface area contributed by atoms with Crippen LogP contribution in [0.15, 0.2) is 24.3 Å². The number of aryl methyl sites for hydroxylation is 1. The summed E-state index contributed by atoms with van der Waals surface area (Å²) in [6.07, 6.45) is 8.33. The Morgan fingerprint density at radius 2 is 1.80 bits per heavy atom. The first-order chi connectivity index (χ1) is 9.74. The summed E-state index contributed by atoms with van der Waals surface area (Å²) in [5.74, 6) is 0.944. The molecular formula is C18H26O2. The summed E-state index contributed by atoms with van der Waals surface area (Å²) in [6.45, 7) is 0. The van der Waals surface area contributed by atoms with Gasteiger partial charge < -0.3 is 10.2 Å². The van der Waals surface area contributed by atoms with Crippen molar-refractivity contribution in [1.29, 1.82) is 0 Å². The van der Waals surface area contributed by atoms with E-state index in [1.807, 2.05) is 18.2 Å². The number of rotatable bonds is 4. The molecule has 0 radical (unpaired) electrons. The van der Waals surface area contributed by atoms with Gasteiger partial charge in [-0.1, -0.05) is 49.9 Å². The van der Waals surface area contributed by atoms with Crippen LogP contribution in [-0.2, 0) is 6.42 Å². The summed E-state index contributed by atoms with van der Waals surface area (Å²) in [6, 6.07) is 8.19. The monoisotopic (exact) mass is 274 g/mol. The van der Waals surface area contributed by atoms with Crippen LogP contribution in [0.3, 0.4) is 0 Å². The van der Waals surface area contributed by atoms with Crippen LogP contribution in [0.4, 0.5) is 0 Å². The number of benzene rings is 1. The van der Waals surface area contributed by atoms with Crippen molar-refractivity contribution in [2.75, 3.05) is 0 Å². The van der Waals surface area contributed by atoms with Gasteiger partial charge >= 0.3 is 0 Å². The van der Waals surface area contributed by atoms with Gasteiger partial charge in [-0.15, -0.1) is 0 Å². The molecule has 0 saturated heterocycles. The standard InChI is InChI=1S/C18H26O2/c19-16(11-13-5-1-2-6-13)12-15-10-9-14-7-3-4-8-17(14)18(15)20/h3-4,7-8,13,15-16,18-20H,1-2,5-6,9-12H2. The smallest absolute Gasteiger partial charge is 0.0821 e. The predicted octanol–water partition coefficient (Wildman–Crippen LogP) is 3.61. The molecule has 1 aromatic rings. The minimum Gasteiger partial charge on any atom is -0.393 e. The number of hydrogen-bond acceptors (Lipinski definition) is 2. The third-order valence-electron chi connectivity index (χ3n) is 5.26. The van der Waals surface area contributed by atoms with Gasteiger partial charge in [-0.2, -0.15) is 0 Å². The fraction of sp³-hybridized carbons (Fsp3) is 0.667. The molecule has 0 heterocycles. The summed E-state index contributed by atoms with van der Waals surface area (Å²) >= 11 is 0. The second kappa shape index (κ2) is 6.28. The van der Waals surface area contributed by atoms with Crippen molar-refractivity contribution < 1.29 is 10.2 Å². The van der Waals surface area contributed by atoms with E-state index in [-0.39, 0.29) is 12.0 Å². The van der Waals surface area contributed by atoms with E-state index in [2.05, 4.69) is 6.07 Å². The molecule has 2 nitrogen and oxygen atoms in total. The van der Waals surface area contributed by atoms with Gasteiger partial charge in [-0.3, -0.25) is 0 Å². The highest BCUT2D eigenvalue weighted by Crippen LogP contribution is 2.38. The molecule has 2 aliphatic carbocycles. The van der Waals surface area contributed by atoms with Gasteiger partial charge in [0, 0.05) is 0 Å². The zero-order valence-corrected chi connectivity index (χ0v) is 12.2. The molecule has 20 heavy (non-hydrogen) atoms. The number of hydrogen-bond donors (Lipinski definition) is 2. The highest BCUT2D eigenvalue weighted by molar-refractivity contribution is 5.31. The van der Waals surface area contributed by atoms with Gasteiger partial charge in [0.15, 0.2) is 0 Å². The van der Waals surface area contributed by atoms with Crippen LogP contribution in [0.1, 0.15) is 62.2 Å². The van der Waals surface area contributed by atoms with Gasteiger partial charge in [0.2, 0.25) is 0 Å². The van der Waals surface area contributed by atoms with Gasteiger partial charge in [-0.05, 0) is 48.6 Å². The second-order valence-electron chi connectivity index (χ2n) is 6.72. The topological polar surface area (TPSA) is 40.5 Å². The first-order valence-electron chi connectivity index (χ1n) is 8.18. The SMILES string of the molecule is OC(CC1CCCC1)CC1CCc2ccccc2C1O. The maximum atomic E-state index is 10.5. The molecule has 0 aliphatic heterocycles. The molecule has 2 heteroatoms. The predicted molar refractivity (Wildman–Crippen MR) is 80.4 cm³/mol. The Kier molecular flexibility index (Phi) is 4.42. The highest BCUT2D eigenvalue weighted by Gasteiger charge is 2.30. The molecule has 0 spiro atoms. The van der Waals surface area contributed by atoms with Gasteiger partial charge in [0.1, 0.15) is 0 Å². The average molecular weight is 274 g/mol. The third kappa shape index (κ3) is 3.07. The lowest BCUT2D eigenvalue weighted by atomic mass is 9.78. The summed E-state index contributed by atoms with van der Waals surface area (Å²) in [5, 5.41) is 20.8. The molecule has 1 aromatic carbocycles. The van der Waals surface area contributed by atoms with E-state index in [0.717, 1.165) is 37.2 Å². The van der Waals surface area contributed by atoms with Crippen molar-refractivity contribution in [3.8, 4) is 0 Å². The minimum atomic E-state index is -0.391. The molecule has 110 valence electrons. The minimum absolute atomic E-state index is 0.223. The summed E-state index contributed by atoms with van der Waals surface area (Å²) in [4.78, 5) is 0. The van der Waals surface area contributed by atoms with Crippen molar-refractivity contribution in [1.82, 2.24) is 0 Å². The molecule has 1 fully saturated rings. The zero-order chi connectivity index (χ0) is 13.9. The van der Waals surface area contributed by atoms with Gasteiger partial charge in [-0.25, -0.2) is 0 Å². The molecule has 0 bridgehead atoms. The van der Waals surface area contributed by atoms with Crippen LogP contribution in [0.25, 0.3) is 0 Å². The van der Waals surface area contributed by atoms with Crippen molar-refractivity contribution in [2.45, 2.75) is 63.6 Å². The lowest BCUT2D eigenvalue weighted by molar-refractivity contribution is 0.0414. The van der Waals surface area contributed by atoms with Crippen molar-refractivity contribution >= 4 is 0 Å². The van der Waals surface area contributed by atoms with Crippen LogP contribution in [0.2, 0.25) is 0 Å². The number of fused-ring (bicyclic) bond motifs is 1. The van der Waals surface area contributed by atoms with Crippen molar-refractivity contribution in [3.63, 3.8) is 0 Å². The quantitative estimate of drug-likeness (QED) is 0.880. The first kappa shape index (κ1) is 14.1. The van der Waals surface area contributed by atoms with Gasteiger partial charge in [0.25, 0.3) is 0 Å². The van der Waals surface area contributed by atoms with Gasteiger partial charge in [0.05, 0.1) is 12.2 Å². The highest BCUT2D eigenvalue weighted by atomic mass is 16.3. The molecule has 1 saturated carbocycles. The Bertz CT molecular complexity index is 437. The largest absolute Gasteiger partial charge is 0.393 e. The van der Waals surface area contributed by atoms with E-state index in [1.165, 1.54) is 31.2 Å². The Morgan fingerprint density at radius 1 is 1.05 bits per heavy atom. The van der Waals surface area contributed by atoms with E-state index >= 15 is 0 Å². The Morgan fingerprint density at radius 3 is 2.60 bits per heavy atom. The Balaban J connectivity index is 1.58. The Labute approximate surface area is 121 Å². The summed E-state index contributed by atoms with van der Waals surface area (Å²) < 4.78 is 0. The maximum Gasteiger partial charge on any atom is 0.0821 e. The molecule has 2 N–H and O–H groups in total. The molecule has 3 unspecified atom stereocenters. The van der Waals surface area contributed by atoms with Crippen LogP contribution < -0.4 is 0 Å². The molecule has 3 rings (SSSR count). The maximum absolute atomic E-state index is 10.5. The lowest BCUT2D eigenvalue weighted by Crippen LogP contribution is -2.25. The summed E-state index contributed by atoms with van der Waals surface area (Å²) in [7, 11) is 0. The van der Waals surface area contributed by atoms with Crippen LogP contribution in [-0.4, -0.2) is 16.3 Å². The van der Waals surface area contributed by atoms with Crippen LogP contribution in [0, 0.1) is 11.8 Å². The number of aliphatic hydroxyl groups excluding tert-OH is 2. The van der Waals surface area contributed by atoms with E-state index in [1.54, 1.807) is 0 Å². The third-order valence-corrected chi connectivity index (χ3v) is 5.26. The van der Waals surface area contributed by atoms with E-state index < -0.39 is 6.10 Å². The van der Waals surface area contributed by atoms with Crippen LogP contribution >= 0.6 is 0 Å². The summed E-state index contributed by atoms with van der Waals surface area (Å²) in [5.41, 5.74) is 2.36. The zero-order valence-electron chi connectivity index (χ0n) is 12.2. The van der Waals surface area contributed by atoms with E-state index in [4.69, 9.17) is 0 Å². The molecule has 0 amide bonds. The lowest BCUT2D eigenvalue weighted by Gasteiger charge is -2.32. The second-order valence-corrected chi connectivity index (χ2v) is 6.72. The average Bonchev–Trinajstić information content (AvgIpc) is 2.95. The Hall–Kier alpha value is -0.860. The number of aliphatic hydroxyl groups is 2.